The molecule has 0 saturated heterocycles. The molecule has 2 aromatic rings. The van der Waals surface area contributed by atoms with Crippen LogP contribution < -0.4 is 20.5 Å². The quantitative estimate of drug-likeness (QED) is 0.755. The lowest BCUT2D eigenvalue weighted by Crippen LogP contribution is -2.29. The first-order valence-electron chi connectivity index (χ1n) is 8.69. The third-order valence-corrected chi connectivity index (χ3v) is 3.79. The van der Waals surface area contributed by atoms with Crippen LogP contribution in [0.2, 0.25) is 0 Å². The van der Waals surface area contributed by atoms with Crippen LogP contribution >= 0.6 is 0 Å². The molecular weight excluding hydrogens is 330 g/mol. The van der Waals surface area contributed by atoms with Crippen LogP contribution in [0.4, 0.5) is 5.82 Å². The van der Waals surface area contributed by atoms with E-state index >= 15 is 0 Å². The second kappa shape index (κ2) is 9.20. The Hall–Kier alpha value is -2.60. The Labute approximate surface area is 154 Å². The number of anilines is 1. The molecule has 0 radical (unpaired) electrons. The number of benzene rings is 1. The van der Waals surface area contributed by atoms with Gasteiger partial charge in [-0.2, -0.15) is 0 Å². The number of nitrogens with one attached hydrogen (secondary N) is 1. The first kappa shape index (κ1) is 19.7. The lowest BCUT2D eigenvalue weighted by Gasteiger charge is -2.17. The van der Waals surface area contributed by atoms with E-state index in [0.717, 1.165) is 17.5 Å². The topological polar surface area (TPSA) is 86.5 Å². The number of amides is 1. The van der Waals surface area contributed by atoms with Crippen LogP contribution in [0.25, 0.3) is 11.1 Å². The van der Waals surface area contributed by atoms with E-state index in [9.17, 15) is 4.79 Å². The van der Waals surface area contributed by atoms with Gasteiger partial charge in [0.2, 0.25) is 5.91 Å². The summed E-state index contributed by atoms with van der Waals surface area (Å²) < 4.78 is 11.3. The van der Waals surface area contributed by atoms with Gasteiger partial charge in [0.05, 0.1) is 7.11 Å². The summed E-state index contributed by atoms with van der Waals surface area (Å²) in [5.74, 6) is 2.17. The first-order chi connectivity index (χ1) is 12.4. The van der Waals surface area contributed by atoms with Gasteiger partial charge in [-0.3, -0.25) is 4.79 Å². The Bertz CT molecular complexity index is 747. The summed E-state index contributed by atoms with van der Waals surface area (Å²) in [6.45, 7) is 6.17. The molecule has 1 heterocycles. The van der Waals surface area contributed by atoms with Gasteiger partial charge >= 0.3 is 0 Å². The van der Waals surface area contributed by atoms with E-state index < -0.39 is 0 Å². The van der Waals surface area contributed by atoms with Crippen molar-refractivity contribution in [2.24, 2.45) is 11.7 Å². The number of ether oxygens (including phenoxy) is 2. The lowest BCUT2D eigenvalue weighted by molar-refractivity contribution is -0.114. The highest BCUT2D eigenvalue weighted by atomic mass is 16.5. The lowest BCUT2D eigenvalue weighted by atomic mass is 10.1. The summed E-state index contributed by atoms with van der Waals surface area (Å²) in [5, 5.41) is 2.68. The number of pyridine rings is 1. The van der Waals surface area contributed by atoms with Gasteiger partial charge in [-0.25, -0.2) is 4.98 Å². The highest BCUT2D eigenvalue weighted by Crippen LogP contribution is 2.33. The number of carbonyl (C=O) groups is 1. The van der Waals surface area contributed by atoms with Gasteiger partial charge in [0.15, 0.2) is 11.5 Å². The molecule has 0 aliphatic heterocycles. The van der Waals surface area contributed by atoms with Crippen LogP contribution in [-0.2, 0) is 4.79 Å². The first-order valence-corrected chi connectivity index (χ1v) is 8.69. The molecule has 140 valence electrons. The zero-order valence-electron chi connectivity index (χ0n) is 15.8. The maximum absolute atomic E-state index is 11.2. The predicted octanol–water partition coefficient (Wildman–Crippen LogP) is 3.47. The molecule has 0 bridgehead atoms. The fourth-order valence-electron chi connectivity index (χ4n) is 2.70. The molecule has 3 N–H and O–H groups in total. The number of nitrogens with two attached hydrogens (primary N) is 1. The van der Waals surface area contributed by atoms with Gasteiger partial charge in [-0.15, -0.1) is 0 Å². The second-order valence-corrected chi connectivity index (χ2v) is 6.68. The van der Waals surface area contributed by atoms with Crippen molar-refractivity contribution in [3.8, 4) is 22.6 Å². The largest absolute Gasteiger partial charge is 0.493 e. The summed E-state index contributed by atoms with van der Waals surface area (Å²) in [6, 6.07) is 9.39. The minimum Gasteiger partial charge on any atom is -0.493 e. The Kier molecular flexibility index (Phi) is 6.97. The standard InChI is InChI=1S/C20H27N3O3/c1-13(2)9-17(21)12-26-18-6-5-15(10-19(18)25-4)16-7-8-22-20(11-16)23-14(3)24/h5-8,10-11,13,17H,9,12,21H2,1-4H3,(H,22,23,24). The molecule has 0 aliphatic rings. The second-order valence-electron chi connectivity index (χ2n) is 6.68. The van der Waals surface area contributed by atoms with Crippen molar-refractivity contribution in [3.63, 3.8) is 0 Å². The van der Waals surface area contributed by atoms with Crippen molar-refractivity contribution in [2.75, 3.05) is 19.0 Å². The van der Waals surface area contributed by atoms with Crippen molar-refractivity contribution in [2.45, 2.75) is 33.2 Å². The molecule has 1 atom stereocenters. The van der Waals surface area contributed by atoms with Gasteiger partial charge < -0.3 is 20.5 Å². The van der Waals surface area contributed by atoms with E-state index in [0.29, 0.717) is 29.8 Å². The normalized spacial score (nSPS) is 11.9. The van der Waals surface area contributed by atoms with E-state index in [1.165, 1.54) is 6.92 Å². The predicted molar refractivity (Wildman–Crippen MR) is 103 cm³/mol. The van der Waals surface area contributed by atoms with Crippen molar-refractivity contribution >= 4 is 11.7 Å². The van der Waals surface area contributed by atoms with Crippen molar-refractivity contribution in [3.05, 3.63) is 36.5 Å². The zero-order chi connectivity index (χ0) is 19.1. The zero-order valence-corrected chi connectivity index (χ0v) is 15.8. The molecule has 1 aromatic heterocycles. The molecule has 1 unspecified atom stereocenters. The molecule has 1 aromatic carbocycles. The molecular formula is C20H27N3O3. The van der Waals surface area contributed by atoms with Crippen LogP contribution in [0.1, 0.15) is 27.2 Å². The van der Waals surface area contributed by atoms with E-state index in [-0.39, 0.29) is 11.9 Å². The Morgan fingerprint density at radius 1 is 1.19 bits per heavy atom. The van der Waals surface area contributed by atoms with Gasteiger partial charge in [0.1, 0.15) is 12.4 Å². The number of rotatable bonds is 8. The number of aromatic nitrogens is 1. The Morgan fingerprint density at radius 3 is 2.58 bits per heavy atom. The maximum atomic E-state index is 11.2. The maximum Gasteiger partial charge on any atom is 0.222 e. The third kappa shape index (κ3) is 5.74. The van der Waals surface area contributed by atoms with Crippen LogP contribution in [-0.4, -0.2) is 30.6 Å². The number of carbonyl (C=O) groups excluding carboxylic acids is 1. The Balaban J connectivity index is 2.16. The summed E-state index contributed by atoms with van der Waals surface area (Å²) in [7, 11) is 1.61. The van der Waals surface area contributed by atoms with Gasteiger partial charge in [-0.1, -0.05) is 19.9 Å². The summed E-state index contributed by atoms with van der Waals surface area (Å²) in [6.07, 6.45) is 2.56. The van der Waals surface area contributed by atoms with Crippen molar-refractivity contribution < 1.29 is 14.3 Å². The van der Waals surface area contributed by atoms with Crippen LogP contribution in [0.3, 0.4) is 0 Å². The van der Waals surface area contributed by atoms with Gasteiger partial charge in [0.25, 0.3) is 0 Å². The third-order valence-electron chi connectivity index (χ3n) is 3.79. The molecule has 0 spiro atoms. The number of nitrogens with zero attached hydrogens (tertiary/aromatic N) is 1. The van der Waals surface area contributed by atoms with Crippen LogP contribution in [0, 0.1) is 5.92 Å². The van der Waals surface area contributed by atoms with Crippen molar-refractivity contribution in [1.82, 2.24) is 4.98 Å². The fourth-order valence-corrected chi connectivity index (χ4v) is 2.70. The highest BCUT2D eigenvalue weighted by Gasteiger charge is 2.11. The molecule has 6 nitrogen and oxygen atoms in total. The monoisotopic (exact) mass is 357 g/mol. The van der Waals surface area contributed by atoms with Gasteiger partial charge in [0, 0.05) is 19.2 Å². The molecule has 26 heavy (non-hydrogen) atoms. The summed E-state index contributed by atoms with van der Waals surface area (Å²) in [4.78, 5) is 15.3. The fraction of sp³-hybridized carbons (Fsp3) is 0.400. The number of methoxy groups -OCH3 is 1. The SMILES string of the molecule is COc1cc(-c2ccnc(NC(C)=O)c2)ccc1OCC(N)CC(C)C. The Morgan fingerprint density at radius 2 is 1.92 bits per heavy atom. The minimum atomic E-state index is -0.159. The van der Waals surface area contributed by atoms with Gasteiger partial charge in [-0.05, 0) is 47.7 Å². The average molecular weight is 357 g/mol. The highest BCUT2D eigenvalue weighted by molar-refractivity contribution is 5.88. The van der Waals surface area contributed by atoms with Crippen molar-refractivity contribution in [1.29, 1.82) is 0 Å². The number of hydrogen-bond acceptors (Lipinski definition) is 5. The molecule has 6 heteroatoms. The van der Waals surface area contributed by atoms with Crippen LogP contribution in [0.15, 0.2) is 36.5 Å². The molecule has 2 rings (SSSR count). The molecule has 0 saturated carbocycles. The van der Waals surface area contributed by atoms with E-state index in [1.54, 1.807) is 13.3 Å². The number of hydrogen-bond donors (Lipinski definition) is 2. The summed E-state index contributed by atoms with van der Waals surface area (Å²) in [5.41, 5.74) is 7.94. The van der Waals surface area contributed by atoms with E-state index in [1.807, 2.05) is 30.3 Å². The summed E-state index contributed by atoms with van der Waals surface area (Å²) >= 11 is 0. The molecule has 0 aliphatic carbocycles. The average Bonchev–Trinajstić information content (AvgIpc) is 2.59. The molecule has 0 fully saturated rings. The molecule has 1 amide bonds. The van der Waals surface area contributed by atoms with E-state index in [2.05, 4.69) is 24.1 Å². The van der Waals surface area contributed by atoms with E-state index in [4.69, 9.17) is 15.2 Å². The smallest absolute Gasteiger partial charge is 0.222 e. The van der Waals surface area contributed by atoms with Crippen LogP contribution in [0.5, 0.6) is 11.5 Å². The minimum absolute atomic E-state index is 0.0141.